The highest BCUT2D eigenvalue weighted by Crippen LogP contribution is 2.40. The Kier molecular flexibility index (Phi) is 3.56. The molecule has 0 fully saturated rings. The summed E-state index contributed by atoms with van der Waals surface area (Å²) in [6.45, 7) is 0. The third-order valence-corrected chi connectivity index (χ3v) is 3.56. The van der Waals surface area contributed by atoms with Crippen LogP contribution in [0, 0.1) is 0 Å². The fourth-order valence-corrected chi connectivity index (χ4v) is 2.49. The molecule has 0 amide bonds. The number of fused-ring (bicyclic) bond motifs is 1. The molecule has 0 aliphatic heterocycles. The highest BCUT2D eigenvalue weighted by molar-refractivity contribution is 6.30. The van der Waals surface area contributed by atoms with Crippen LogP contribution in [0.1, 0.15) is 5.56 Å². The van der Waals surface area contributed by atoms with Gasteiger partial charge in [-0.25, -0.2) is 4.79 Å². The minimum absolute atomic E-state index is 0.0467. The summed E-state index contributed by atoms with van der Waals surface area (Å²) in [5.41, 5.74) is -3.12. The molecule has 0 saturated carbocycles. The maximum atomic E-state index is 13.6. The van der Waals surface area contributed by atoms with Gasteiger partial charge in [0.25, 0.3) is 0 Å². The van der Waals surface area contributed by atoms with Gasteiger partial charge in [0.2, 0.25) is 0 Å². The highest BCUT2D eigenvalue weighted by Gasteiger charge is 2.38. The van der Waals surface area contributed by atoms with Crippen molar-refractivity contribution >= 4 is 22.6 Å². The van der Waals surface area contributed by atoms with E-state index in [1.54, 1.807) is 0 Å². The van der Waals surface area contributed by atoms with Crippen LogP contribution in [0.4, 0.5) is 13.2 Å². The van der Waals surface area contributed by atoms with Crippen molar-refractivity contribution in [3.05, 3.63) is 63.5 Å². The molecule has 1 heterocycles. The number of aromatic hydroxyl groups is 1. The Hall–Kier alpha value is -2.47. The van der Waals surface area contributed by atoms with E-state index < -0.39 is 22.9 Å². The van der Waals surface area contributed by atoms with Crippen LogP contribution >= 0.6 is 11.6 Å². The smallest absolute Gasteiger partial charge is 0.417 e. The van der Waals surface area contributed by atoms with Crippen molar-refractivity contribution in [3.63, 3.8) is 0 Å². The number of halogens is 4. The summed E-state index contributed by atoms with van der Waals surface area (Å²) in [6, 6.07) is 8.54. The minimum Gasteiger partial charge on any atom is -0.508 e. The van der Waals surface area contributed by atoms with Gasteiger partial charge in [0.15, 0.2) is 0 Å². The average Bonchev–Trinajstić information content (AvgIpc) is 2.45. The average molecular weight is 341 g/mol. The van der Waals surface area contributed by atoms with Crippen molar-refractivity contribution in [3.8, 4) is 16.9 Å². The van der Waals surface area contributed by atoms with Gasteiger partial charge in [0, 0.05) is 16.5 Å². The largest absolute Gasteiger partial charge is 0.508 e. The van der Waals surface area contributed by atoms with E-state index in [0.29, 0.717) is 5.02 Å². The lowest BCUT2D eigenvalue weighted by molar-refractivity contribution is -0.136. The van der Waals surface area contributed by atoms with Crippen LogP contribution in [0.5, 0.6) is 5.75 Å². The number of hydrogen-bond donors (Lipinski definition) is 1. The van der Waals surface area contributed by atoms with E-state index >= 15 is 0 Å². The first-order chi connectivity index (χ1) is 10.8. The van der Waals surface area contributed by atoms with Crippen LogP contribution in [0.15, 0.2) is 51.7 Å². The van der Waals surface area contributed by atoms with E-state index in [1.165, 1.54) is 24.3 Å². The number of alkyl halides is 3. The molecule has 118 valence electrons. The van der Waals surface area contributed by atoms with Gasteiger partial charge in [-0.2, -0.15) is 13.2 Å². The van der Waals surface area contributed by atoms with Crippen molar-refractivity contribution in [2.24, 2.45) is 0 Å². The van der Waals surface area contributed by atoms with Crippen molar-refractivity contribution in [1.82, 2.24) is 0 Å². The molecule has 1 N–H and O–H groups in total. The van der Waals surface area contributed by atoms with Crippen molar-refractivity contribution in [2.75, 3.05) is 0 Å². The zero-order valence-electron chi connectivity index (χ0n) is 11.3. The van der Waals surface area contributed by atoms with Gasteiger partial charge in [-0.3, -0.25) is 0 Å². The van der Waals surface area contributed by atoms with E-state index in [1.807, 2.05) is 0 Å². The second kappa shape index (κ2) is 5.31. The number of phenols is 1. The Balaban J connectivity index is 2.46. The molecule has 0 bridgehead atoms. The predicted octanol–water partition coefficient (Wildman–Crippen LogP) is 4.84. The molecule has 3 aromatic rings. The number of hydrogen-bond acceptors (Lipinski definition) is 3. The third-order valence-electron chi connectivity index (χ3n) is 3.31. The first-order valence-electron chi connectivity index (χ1n) is 6.40. The van der Waals surface area contributed by atoms with Gasteiger partial charge >= 0.3 is 11.8 Å². The van der Waals surface area contributed by atoms with Crippen LogP contribution in [-0.4, -0.2) is 5.11 Å². The minimum atomic E-state index is -4.78. The fourth-order valence-electron chi connectivity index (χ4n) is 2.36. The Morgan fingerprint density at radius 1 is 1.04 bits per heavy atom. The molecule has 0 aliphatic carbocycles. The molecule has 0 aliphatic rings. The summed E-state index contributed by atoms with van der Waals surface area (Å²) >= 11 is 5.73. The first kappa shape index (κ1) is 15.4. The van der Waals surface area contributed by atoms with Crippen LogP contribution in [-0.2, 0) is 6.18 Å². The lowest BCUT2D eigenvalue weighted by Crippen LogP contribution is -2.15. The second-order valence-corrected chi connectivity index (χ2v) is 5.26. The summed E-state index contributed by atoms with van der Waals surface area (Å²) < 4.78 is 45.6. The molecule has 7 heteroatoms. The molecule has 1 aromatic heterocycles. The lowest BCUT2D eigenvalue weighted by Gasteiger charge is -2.14. The second-order valence-electron chi connectivity index (χ2n) is 4.82. The number of phenolic OH excluding ortho intramolecular Hbond substituents is 1. The molecule has 0 atom stereocenters. The van der Waals surface area contributed by atoms with Crippen LogP contribution < -0.4 is 5.63 Å². The molecule has 0 spiro atoms. The van der Waals surface area contributed by atoms with Crippen molar-refractivity contribution < 1.29 is 22.7 Å². The maximum absolute atomic E-state index is 13.6. The van der Waals surface area contributed by atoms with E-state index in [-0.39, 0.29) is 22.3 Å². The Morgan fingerprint density at radius 2 is 1.70 bits per heavy atom. The van der Waals surface area contributed by atoms with Gasteiger partial charge in [-0.1, -0.05) is 23.7 Å². The highest BCUT2D eigenvalue weighted by atomic mass is 35.5. The standard InChI is InChI=1S/C16H8ClF3O3/c17-9-3-1-8(2-4-9)13-14(16(18,19)20)11-6-5-10(21)7-12(11)23-15(13)22/h1-7,21H. The summed E-state index contributed by atoms with van der Waals surface area (Å²) in [5, 5.41) is 9.40. The van der Waals surface area contributed by atoms with Crippen molar-refractivity contribution in [1.29, 1.82) is 0 Å². The molecule has 0 saturated heterocycles. The summed E-state index contributed by atoms with van der Waals surface area (Å²) in [7, 11) is 0. The maximum Gasteiger partial charge on any atom is 0.417 e. The third kappa shape index (κ3) is 2.77. The zero-order valence-corrected chi connectivity index (χ0v) is 12.1. The van der Waals surface area contributed by atoms with E-state index in [9.17, 15) is 23.1 Å². The number of rotatable bonds is 1. The van der Waals surface area contributed by atoms with Gasteiger partial charge in [-0.15, -0.1) is 0 Å². The topological polar surface area (TPSA) is 50.4 Å². The van der Waals surface area contributed by atoms with Gasteiger partial charge < -0.3 is 9.52 Å². The summed E-state index contributed by atoms with van der Waals surface area (Å²) in [4.78, 5) is 12.1. The molecule has 3 nitrogen and oxygen atoms in total. The van der Waals surface area contributed by atoms with Gasteiger partial charge in [-0.05, 0) is 29.8 Å². The van der Waals surface area contributed by atoms with Crippen LogP contribution in [0.3, 0.4) is 0 Å². The quantitative estimate of drug-likeness (QED) is 0.645. The monoisotopic (exact) mass is 340 g/mol. The lowest BCUT2D eigenvalue weighted by atomic mass is 9.98. The van der Waals surface area contributed by atoms with Crippen LogP contribution in [0.2, 0.25) is 5.02 Å². The molecule has 2 aromatic carbocycles. The summed E-state index contributed by atoms with van der Waals surface area (Å²) in [5.74, 6) is -0.298. The van der Waals surface area contributed by atoms with E-state index in [4.69, 9.17) is 16.0 Å². The van der Waals surface area contributed by atoms with Crippen molar-refractivity contribution in [2.45, 2.75) is 6.18 Å². The van der Waals surface area contributed by atoms with E-state index in [0.717, 1.165) is 18.2 Å². The Labute approximate surface area is 132 Å². The van der Waals surface area contributed by atoms with E-state index in [2.05, 4.69) is 0 Å². The number of benzene rings is 2. The van der Waals surface area contributed by atoms with Crippen LogP contribution in [0.25, 0.3) is 22.1 Å². The molecule has 3 rings (SSSR count). The Bertz CT molecular complexity index is 944. The molecular formula is C16H8ClF3O3. The SMILES string of the molecule is O=c1oc2cc(O)ccc2c(C(F)(F)F)c1-c1ccc(Cl)cc1. The zero-order chi connectivity index (χ0) is 16.8. The Morgan fingerprint density at radius 3 is 2.30 bits per heavy atom. The van der Waals surface area contributed by atoms with Gasteiger partial charge in [0.05, 0.1) is 11.1 Å². The fraction of sp³-hybridized carbons (Fsp3) is 0.0625. The summed E-state index contributed by atoms with van der Waals surface area (Å²) in [6.07, 6.45) is -4.78. The first-order valence-corrected chi connectivity index (χ1v) is 6.78. The van der Waals surface area contributed by atoms with Gasteiger partial charge in [0.1, 0.15) is 11.3 Å². The molecule has 23 heavy (non-hydrogen) atoms. The molecule has 0 unspecified atom stereocenters. The molecular weight excluding hydrogens is 333 g/mol. The predicted molar refractivity (Wildman–Crippen MR) is 79.6 cm³/mol. The normalized spacial score (nSPS) is 11.8. The molecule has 0 radical (unpaired) electrons.